The lowest BCUT2D eigenvalue weighted by atomic mass is 10.1. The normalized spacial score (nSPS) is 21.1. The number of carbonyl (C=O) groups is 2. The summed E-state index contributed by atoms with van der Waals surface area (Å²) in [4.78, 5) is 29.9. The topological polar surface area (TPSA) is 92.2 Å². The molecule has 19 heavy (non-hydrogen) atoms. The molecule has 1 saturated carbocycles. The number of hydrogen-bond donors (Lipinski definition) is 2. The molecule has 0 bridgehead atoms. The maximum absolute atomic E-state index is 13.0. The molecular formula is C11H11F2N3O3. The van der Waals surface area contributed by atoms with Gasteiger partial charge in [-0.3, -0.25) is 4.79 Å². The van der Waals surface area contributed by atoms with Crippen LogP contribution in [0.15, 0.2) is 12.4 Å². The van der Waals surface area contributed by atoms with Crippen LogP contribution in [0.1, 0.15) is 29.8 Å². The second-order valence-corrected chi connectivity index (χ2v) is 4.34. The van der Waals surface area contributed by atoms with Crippen molar-refractivity contribution in [3.05, 3.63) is 18.1 Å². The Morgan fingerprint density at radius 2 is 2.05 bits per heavy atom. The van der Waals surface area contributed by atoms with Gasteiger partial charge in [-0.15, -0.1) is 0 Å². The van der Waals surface area contributed by atoms with E-state index in [1.54, 1.807) is 0 Å². The van der Waals surface area contributed by atoms with Crippen LogP contribution in [0.25, 0.3) is 0 Å². The first kappa shape index (κ1) is 13.3. The van der Waals surface area contributed by atoms with Gasteiger partial charge < -0.3 is 10.4 Å². The average molecular weight is 271 g/mol. The van der Waals surface area contributed by atoms with Gasteiger partial charge >= 0.3 is 5.97 Å². The fourth-order valence-electron chi connectivity index (χ4n) is 1.98. The van der Waals surface area contributed by atoms with Crippen molar-refractivity contribution in [3.63, 3.8) is 0 Å². The number of carbonyl (C=O) groups excluding carboxylic acids is 1. The summed E-state index contributed by atoms with van der Waals surface area (Å²) in [5.41, 5.74) is -0.416. The molecule has 1 heterocycles. The van der Waals surface area contributed by atoms with Crippen molar-refractivity contribution < 1.29 is 23.5 Å². The predicted octanol–water partition coefficient (Wildman–Crippen LogP) is 1.55. The maximum Gasteiger partial charge on any atom is 0.358 e. The molecule has 1 aromatic heterocycles. The Kier molecular flexibility index (Phi) is 3.41. The minimum Gasteiger partial charge on any atom is -0.476 e. The number of carboxylic acid groups (broad SMARTS) is 1. The number of halogens is 2. The smallest absolute Gasteiger partial charge is 0.358 e. The van der Waals surface area contributed by atoms with Crippen LogP contribution >= 0.6 is 0 Å². The number of hydrogen-bond acceptors (Lipinski definition) is 4. The summed E-state index contributed by atoms with van der Waals surface area (Å²) >= 11 is 0. The maximum atomic E-state index is 13.0. The zero-order chi connectivity index (χ0) is 14.0. The van der Waals surface area contributed by atoms with Crippen LogP contribution < -0.4 is 5.32 Å². The number of nitrogens with zero attached hydrogens (tertiary/aromatic N) is 2. The number of nitrogens with one attached hydrogen (secondary N) is 1. The number of carboxylic acids is 1. The van der Waals surface area contributed by atoms with Crippen LogP contribution in [0.4, 0.5) is 14.6 Å². The molecule has 1 aromatic rings. The highest BCUT2D eigenvalue weighted by atomic mass is 19.3. The molecule has 1 amide bonds. The molecule has 1 unspecified atom stereocenters. The first-order valence-electron chi connectivity index (χ1n) is 5.62. The molecule has 8 heteroatoms. The summed E-state index contributed by atoms with van der Waals surface area (Å²) in [5.74, 6) is -5.89. The molecule has 2 rings (SSSR count). The van der Waals surface area contributed by atoms with E-state index in [2.05, 4.69) is 15.3 Å². The fourth-order valence-corrected chi connectivity index (χ4v) is 1.98. The minimum absolute atomic E-state index is 0.0709. The van der Waals surface area contributed by atoms with Crippen molar-refractivity contribution >= 4 is 17.7 Å². The number of rotatable bonds is 3. The quantitative estimate of drug-likeness (QED) is 0.870. The van der Waals surface area contributed by atoms with Gasteiger partial charge in [0.2, 0.25) is 11.8 Å². The lowest BCUT2D eigenvalue weighted by molar-refractivity contribution is -0.120. The molecule has 0 spiro atoms. The zero-order valence-electron chi connectivity index (χ0n) is 9.77. The van der Waals surface area contributed by atoms with Crippen LogP contribution in [-0.2, 0) is 4.79 Å². The van der Waals surface area contributed by atoms with Crippen LogP contribution in [0.5, 0.6) is 0 Å². The third kappa shape index (κ3) is 3.01. The van der Waals surface area contributed by atoms with Crippen LogP contribution in [0.2, 0.25) is 0 Å². The van der Waals surface area contributed by atoms with E-state index in [0.717, 1.165) is 0 Å². The van der Waals surface area contributed by atoms with E-state index in [-0.39, 0.29) is 18.7 Å². The molecule has 1 aliphatic rings. The van der Waals surface area contributed by atoms with Crippen molar-refractivity contribution in [2.45, 2.75) is 25.2 Å². The van der Waals surface area contributed by atoms with Crippen molar-refractivity contribution in [1.29, 1.82) is 0 Å². The first-order valence-corrected chi connectivity index (χ1v) is 5.62. The monoisotopic (exact) mass is 271 g/mol. The predicted molar refractivity (Wildman–Crippen MR) is 59.9 cm³/mol. The van der Waals surface area contributed by atoms with E-state index in [4.69, 9.17) is 5.11 Å². The largest absolute Gasteiger partial charge is 0.476 e. The molecule has 1 aliphatic carbocycles. The van der Waals surface area contributed by atoms with Crippen LogP contribution in [-0.4, -0.2) is 32.9 Å². The van der Waals surface area contributed by atoms with Gasteiger partial charge in [0, 0.05) is 31.2 Å². The Hall–Kier alpha value is -2.12. The van der Waals surface area contributed by atoms with Gasteiger partial charge in [0.05, 0.1) is 0 Å². The number of amides is 1. The summed E-state index contributed by atoms with van der Waals surface area (Å²) in [7, 11) is 0. The molecule has 0 radical (unpaired) electrons. The second kappa shape index (κ2) is 4.87. The van der Waals surface area contributed by atoms with Gasteiger partial charge in [-0.1, -0.05) is 0 Å². The van der Waals surface area contributed by atoms with E-state index >= 15 is 0 Å². The second-order valence-electron chi connectivity index (χ2n) is 4.34. The SMILES string of the molecule is O=C(O)c1nccnc1NC(=O)C1CCC(F)(F)C1. The number of aromatic carboxylic acids is 1. The highest BCUT2D eigenvalue weighted by Crippen LogP contribution is 2.39. The molecule has 102 valence electrons. The molecule has 6 nitrogen and oxygen atoms in total. The van der Waals surface area contributed by atoms with E-state index < -0.39 is 35.8 Å². The first-order chi connectivity index (χ1) is 8.89. The lowest BCUT2D eigenvalue weighted by Crippen LogP contribution is -2.24. The lowest BCUT2D eigenvalue weighted by Gasteiger charge is -2.11. The van der Waals surface area contributed by atoms with E-state index in [0.29, 0.717) is 0 Å². The van der Waals surface area contributed by atoms with Gasteiger partial charge in [0.1, 0.15) is 0 Å². The summed E-state index contributed by atoms with van der Waals surface area (Å²) < 4.78 is 26.0. The summed E-state index contributed by atoms with van der Waals surface area (Å²) in [6.07, 6.45) is 1.59. The van der Waals surface area contributed by atoms with Gasteiger partial charge in [0.15, 0.2) is 11.5 Å². The number of aromatic nitrogens is 2. The van der Waals surface area contributed by atoms with Crippen molar-refractivity contribution in [3.8, 4) is 0 Å². The van der Waals surface area contributed by atoms with Crippen LogP contribution in [0, 0.1) is 5.92 Å². The number of alkyl halides is 2. The van der Waals surface area contributed by atoms with Crippen LogP contribution in [0.3, 0.4) is 0 Å². The van der Waals surface area contributed by atoms with Gasteiger partial charge in [-0.2, -0.15) is 0 Å². The molecule has 2 N–H and O–H groups in total. The van der Waals surface area contributed by atoms with Crippen molar-refractivity contribution in [2.75, 3.05) is 5.32 Å². The average Bonchev–Trinajstić information content (AvgIpc) is 2.70. The molecule has 0 aromatic carbocycles. The minimum atomic E-state index is -2.83. The third-order valence-electron chi connectivity index (χ3n) is 2.92. The zero-order valence-corrected chi connectivity index (χ0v) is 9.77. The summed E-state index contributed by atoms with van der Waals surface area (Å²) in [6, 6.07) is 0. The molecular weight excluding hydrogens is 260 g/mol. The van der Waals surface area contributed by atoms with E-state index in [9.17, 15) is 18.4 Å². The fraction of sp³-hybridized carbons (Fsp3) is 0.455. The molecule has 0 aliphatic heterocycles. The Bertz CT molecular complexity index is 522. The summed E-state index contributed by atoms with van der Waals surface area (Å²) in [5, 5.41) is 11.1. The third-order valence-corrected chi connectivity index (χ3v) is 2.92. The highest BCUT2D eigenvalue weighted by molar-refractivity contribution is 5.98. The Morgan fingerprint density at radius 3 is 2.63 bits per heavy atom. The standard InChI is InChI=1S/C11H11F2N3O3/c12-11(13)2-1-6(5-11)9(17)16-8-7(10(18)19)14-3-4-15-8/h3-4,6H,1-2,5H2,(H,18,19)(H,15,16,17). The van der Waals surface area contributed by atoms with Gasteiger partial charge in [-0.05, 0) is 6.42 Å². The van der Waals surface area contributed by atoms with Gasteiger partial charge in [0.25, 0.3) is 0 Å². The Labute approximate surface area is 106 Å². The van der Waals surface area contributed by atoms with Gasteiger partial charge in [-0.25, -0.2) is 23.5 Å². The van der Waals surface area contributed by atoms with E-state index in [1.807, 2.05) is 0 Å². The number of anilines is 1. The Balaban J connectivity index is 2.10. The van der Waals surface area contributed by atoms with Crippen molar-refractivity contribution in [1.82, 2.24) is 9.97 Å². The Morgan fingerprint density at radius 1 is 1.37 bits per heavy atom. The van der Waals surface area contributed by atoms with E-state index in [1.165, 1.54) is 12.4 Å². The highest BCUT2D eigenvalue weighted by Gasteiger charge is 2.42. The molecule has 1 fully saturated rings. The molecule has 0 saturated heterocycles. The molecule has 1 atom stereocenters. The summed E-state index contributed by atoms with van der Waals surface area (Å²) in [6.45, 7) is 0. The van der Waals surface area contributed by atoms with Crippen molar-refractivity contribution in [2.24, 2.45) is 5.92 Å².